The quantitative estimate of drug-likeness (QED) is 0.762. The Balaban J connectivity index is 0.00000288. The molecule has 0 saturated carbocycles. The average Bonchev–Trinajstić information content (AvgIpc) is 2.78. The van der Waals surface area contributed by atoms with Gasteiger partial charge in [-0.3, -0.25) is 9.48 Å². The zero-order valence-corrected chi connectivity index (χ0v) is 16.8. The summed E-state index contributed by atoms with van der Waals surface area (Å²) < 4.78 is 2.92. The highest BCUT2D eigenvalue weighted by Gasteiger charge is 2.18. The van der Waals surface area contributed by atoms with Crippen molar-refractivity contribution in [3.05, 3.63) is 51.3 Å². The van der Waals surface area contributed by atoms with Gasteiger partial charge in [-0.1, -0.05) is 28.1 Å². The number of halogens is 2. The molecule has 2 rings (SSSR count). The Kier molecular flexibility index (Phi) is 7.93. The number of nitrogens with zero attached hydrogens (tertiary/aromatic N) is 2. The molecular weight excluding hydrogens is 392 g/mol. The third-order valence-electron chi connectivity index (χ3n) is 3.89. The summed E-state index contributed by atoms with van der Waals surface area (Å²) in [5.74, 6) is -0.0670. The van der Waals surface area contributed by atoms with Crippen LogP contribution >= 0.6 is 28.3 Å². The Morgan fingerprint density at radius 3 is 2.71 bits per heavy atom. The highest BCUT2D eigenvalue weighted by Crippen LogP contribution is 2.17. The molecule has 0 radical (unpaired) electrons. The summed E-state index contributed by atoms with van der Waals surface area (Å²) in [6, 6.07) is 8.33. The molecule has 0 aliphatic carbocycles. The number of aryl methyl sites for hydroxylation is 1. The predicted molar refractivity (Wildman–Crippen MR) is 103 cm³/mol. The van der Waals surface area contributed by atoms with Gasteiger partial charge in [0.15, 0.2) is 0 Å². The molecule has 0 spiro atoms. The third-order valence-corrected chi connectivity index (χ3v) is 4.38. The third kappa shape index (κ3) is 5.06. The SMILES string of the molecule is CNC(C)CNC(=O)c1c(C)nn(Cc2cccc(Br)c2)c1C.Cl. The van der Waals surface area contributed by atoms with Gasteiger partial charge in [-0.25, -0.2) is 0 Å². The molecule has 132 valence electrons. The van der Waals surface area contributed by atoms with Crippen LogP contribution in [0.1, 0.15) is 34.2 Å². The largest absolute Gasteiger partial charge is 0.350 e. The van der Waals surface area contributed by atoms with Gasteiger partial charge in [-0.05, 0) is 45.5 Å². The highest BCUT2D eigenvalue weighted by atomic mass is 79.9. The summed E-state index contributed by atoms with van der Waals surface area (Å²) in [7, 11) is 1.88. The van der Waals surface area contributed by atoms with E-state index in [0.717, 1.165) is 21.4 Å². The van der Waals surface area contributed by atoms with Crippen molar-refractivity contribution in [1.29, 1.82) is 0 Å². The van der Waals surface area contributed by atoms with E-state index in [-0.39, 0.29) is 24.4 Å². The fourth-order valence-corrected chi connectivity index (χ4v) is 2.87. The molecule has 0 aliphatic rings. The van der Waals surface area contributed by atoms with E-state index in [1.807, 2.05) is 44.6 Å². The molecule has 2 aromatic rings. The van der Waals surface area contributed by atoms with Crippen LogP contribution in [0.2, 0.25) is 0 Å². The number of benzene rings is 1. The molecular formula is C17H24BrClN4O. The molecule has 7 heteroatoms. The zero-order chi connectivity index (χ0) is 17.0. The number of hydrogen-bond acceptors (Lipinski definition) is 3. The van der Waals surface area contributed by atoms with E-state index >= 15 is 0 Å². The van der Waals surface area contributed by atoms with Crippen LogP contribution in [0.5, 0.6) is 0 Å². The monoisotopic (exact) mass is 414 g/mol. The van der Waals surface area contributed by atoms with E-state index in [1.165, 1.54) is 0 Å². The minimum absolute atomic E-state index is 0. The Morgan fingerprint density at radius 1 is 1.38 bits per heavy atom. The second-order valence-electron chi connectivity index (χ2n) is 5.73. The minimum atomic E-state index is -0.0670. The first-order valence-electron chi connectivity index (χ1n) is 7.66. The van der Waals surface area contributed by atoms with Crippen molar-refractivity contribution in [3.63, 3.8) is 0 Å². The van der Waals surface area contributed by atoms with Gasteiger partial charge in [-0.15, -0.1) is 12.4 Å². The topological polar surface area (TPSA) is 58.9 Å². The van der Waals surface area contributed by atoms with Crippen molar-refractivity contribution in [3.8, 4) is 0 Å². The summed E-state index contributed by atoms with van der Waals surface area (Å²) in [5, 5.41) is 10.6. The number of aromatic nitrogens is 2. The van der Waals surface area contributed by atoms with Crippen LogP contribution in [0.3, 0.4) is 0 Å². The lowest BCUT2D eigenvalue weighted by molar-refractivity contribution is 0.0949. The van der Waals surface area contributed by atoms with E-state index in [1.54, 1.807) is 0 Å². The molecule has 1 unspecified atom stereocenters. The van der Waals surface area contributed by atoms with E-state index in [9.17, 15) is 4.79 Å². The normalized spacial score (nSPS) is 11.7. The lowest BCUT2D eigenvalue weighted by atomic mass is 10.1. The van der Waals surface area contributed by atoms with E-state index in [2.05, 4.69) is 43.8 Å². The molecule has 1 atom stereocenters. The van der Waals surface area contributed by atoms with Gasteiger partial charge in [0.2, 0.25) is 0 Å². The van der Waals surface area contributed by atoms with Crippen LogP contribution in [0.4, 0.5) is 0 Å². The molecule has 0 fully saturated rings. The summed E-state index contributed by atoms with van der Waals surface area (Å²) in [6.45, 7) is 7.07. The van der Waals surface area contributed by atoms with E-state index < -0.39 is 0 Å². The molecule has 24 heavy (non-hydrogen) atoms. The van der Waals surface area contributed by atoms with Gasteiger partial charge in [0.25, 0.3) is 5.91 Å². The Bertz CT molecular complexity index is 702. The van der Waals surface area contributed by atoms with Gasteiger partial charge in [0.1, 0.15) is 0 Å². The predicted octanol–water partition coefficient (Wildman–Crippen LogP) is 3.07. The number of nitrogens with one attached hydrogen (secondary N) is 2. The van der Waals surface area contributed by atoms with Crippen LogP contribution in [0.15, 0.2) is 28.7 Å². The second kappa shape index (κ2) is 9.20. The Morgan fingerprint density at radius 2 is 2.08 bits per heavy atom. The number of carbonyl (C=O) groups excluding carboxylic acids is 1. The fourth-order valence-electron chi connectivity index (χ4n) is 2.42. The highest BCUT2D eigenvalue weighted by molar-refractivity contribution is 9.10. The van der Waals surface area contributed by atoms with Gasteiger partial charge in [0, 0.05) is 22.8 Å². The van der Waals surface area contributed by atoms with Gasteiger partial charge >= 0.3 is 0 Å². The summed E-state index contributed by atoms with van der Waals surface area (Å²) in [5.41, 5.74) is 3.45. The van der Waals surface area contributed by atoms with Crippen LogP contribution < -0.4 is 10.6 Å². The minimum Gasteiger partial charge on any atom is -0.350 e. The van der Waals surface area contributed by atoms with Crippen molar-refractivity contribution in [2.45, 2.75) is 33.4 Å². The second-order valence-corrected chi connectivity index (χ2v) is 6.65. The molecule has 2 N–H and O–H groups in total. The number of rotatable bonds is 6. The molecule has 0 aliphatic heterocycles. The Hall–Kier alpha value is -1.37. The zero-order valence-electron chi connectivity index (χ0n) is 14.4. The maximum atomic E-state index is 12.4. The van der Waals surface area contributed by atoms with Gasteiger partial charge < -0.3 is 10.6 Å². The molecule has 1 heterocycles. The maximum absolute atomic E-state index is 12.4. The van der Waals surface area contributed by atoms with Crippen LogP contribution in [0, 0.1) is 13.8 Å². The molecule has 1 amide bonds. The van der Waals surface area contributed by atoms with Crippen molar-refractivity contribution in [2.24, 2.45) is 0 Å². The van der Waals surface area contributed by atoms with Crippen molar-refractivity contribution in [2.75, 3.05) is 13.6 Å². The molecule has 0 bridgehead atoms. The van der Waals surface area contributed by atoms with Gasteiger partial charge in [-0.2, -0.15) is 5.10 Å². The lowest BCUT2D eigenvalue weighted by Crippen LogP contribution is -2.37. The first-order valence-corrected chi connectivity index (χ1v) is 8.45. The first kappa shape index (κ1) is 20.7. The first-order chi connectivity index (χ1) is 10.9. The number of likely N-dealkylation sites (N-methyl/N-ethyl adjacent to an activating group) is 1. The lowest BCUT2D eigenvalue weighted by Gasteiger charge is -2.11. The van der Waals surface area contributed by atoms with Crippen molar-refractivity contribution in [1.82, 2.24) is 20.4 Å². The van der Waals surface area contributed by atoms with E-state index in [0.29, 0.717) is 18.7 Å². The maximum Gasteiger partial charge on any atom is 0.255 e. The van der Waals surface area contributed by atoms with Crippen LogP contribution in [0.25, 0.3) is 0 Å². The summed E-state index contributed by atoms with van der Waals surface area (Å²) in [4.78, 5) is 12.4. The summed E-state index contributed by atoms with van der Waals surface area (Å²) >= 11 is 3.48. The Labute approximate surface area is 157 Å². The molecule has 0 saturated heterocycles. The average molecular weight is 416 g/mol. The van der Waals surface area contributed by atoms with Crippen LogP contribution in [-0.4, -0.2) is 35.3 Å². The van der Waals surface area contributed by atoms with Gasteiger partial charge in [0.05, 0.1) is 17.8 Å². The van der Waals surface area contributed by atoms with Crippen LogP contribution in [-0.2, 0) is 6.54 Å². The number of amides is 1. The molecule has 1 aromatic carbocycles. The van der Waals surface area contributed by atoms with Crippen molar-refractivity contribution < 1.29 is 4.79 Å². The molecule has 1 aromatic heterocycles. The molecule has 5 nitrogen and oxygen atoms in total. The summed E-state index contributed by atoms with van der Waals surface area (Å²) in [6.07, 6.45) is 0. The smallest absolute Gasteiger partial charge is 0.255 e. The number of hydrogen-bond donors (Lipinski definition) is 2. The standard InChI is InChI=1S/C17H23BrN4O.ClH/c1-11(19-4)9-20-17(23)16-12(2)21-22(13(16)3)10-14-6-5-7-15(18)8-14;/h5-8,11,19H,9-10H2,1-4H3,(H,20,23);1H. The van der Waals surface area contributed by atoms with Crippen molar-refractivity contribution >= 4 is 34.2 Å². The number of carbonyl (C=O) groups is 1. The van der Waals surface area contributed by atoms with E-state index in [4.69, 9.17) is 0 Å². The fraction of sp³-hybridized carbons (Fsp3) is 0.412.